The molecule has 4 rings (SSSR count). The number of hydrogen-bond donors (Lipinski definition) is 2. The van der Waals surface area contributed by atoms with Gasteiger partial charge in [0.05, 0.1) is 18.9 Å². The van der Waals surface area contributed by atoms with Gasteiger partial charge in [-0.2, -0.15) is 13.2 Å². The lowest BCUT2D eigenvalue weighted by Gasteiger charge is -2.25. The van der Waals surface area contributed by atoms with Crippen LogP contribution in [0.3, 0.4) is 0 Å². The van der Waals surface area contributed by atoms with E-state index >= 15 is 0 Å². The van der Waals surface area contributed by atoms with Gasteiger partial charge in [0.1, 0.15) is 18.1 Å². The number of amides is 1. The summed E-state index contributed by atoms with van der Waals surface area (Å²) in [6.07, 6.45) is -2.39. The summed E-state index contributed by atoms with van der Waals surface area (Å²) in [7, 11) is 0. The number of pyridine rings is 1. The van der Waals surface area contributed by atoms with Crippen LogP contribution < -0.4 is 10.1 Å². The van der Waals surface area contributed by atoms with Crippen LogP contribution in [0.2, 0.25) is 0 Å². The van der Waals surface area contributed by atoms with Crippen molar-refractivity contribution in [1.29, 1.82) is 0 Å². The highest BCUT2D eigenvalue weighted by Gasteiger charge is 2.38. The van der Waals surface area contributed by atoms with Gasteiger partial charge in [-0.25, -0.2) is 4.98 Å². The lowest BCUT2D eigenvalue weighted by atomic mass is 9.94. The molecular weight excluding hydrogens is 451 g/mol. The zero-order valence-corrected chi connectivity index (χ0v) is 18.5. The maximum atomic E-state index is 13.1. The first-order valence-electron chi connectivity index (χ1n) is 11.2. The molecule has 0 aliphatic carbocycles. The largest absolute Gasteiger partial charge is 0.493 e. The van der Waals surface area contributed by atoms with Gasteiger partial charge in [0, 0.05) is 25.2 Å². The number of aliphatic carboxylic acids is 1. The first-order valence-corrected chi connectivity index (χ1v) is 11.2. The van der Waals surface area contributed by atoms with E-state index in [4.69, 9.17) is 9.84 Å². The quantitative estimate of drug-likeness (QED) is 0.633. The van der Waals surface area contributed by atoms with Crippen LogP contribution in [0.4, 0.5) is 19.0 Å². The monoisotopic (exact) mass is 477 g/mol. The average molecular weight is 477 g/mol. The van der Waals surface area contributed by atoms with Crippen molar-refractivity contribution in [3.05, 3.63) is 52.7 Å². The van der Waals surface area contributed by atoms with Crippen LogP contribution in [-0.2, 0) is 35.4 Å². The van der Waals surface area contributed by atoms with Crippen molar-refractivity contribution in [2.24, 2.45) is 5.92 Å². The number of anilines is 1. The number of carboxylic acid groups (broad SMARTS) is 1. The van der Waals surface area contributed by atoms with E-state index in [1.807, 2.05) is 6.07 Å². The van der Waals surface area contributed by atoms with Crippen molar-refractivity contribution in [3.63, 3.8) is 0 Å². The van der Waals surface area contributed by atoms with E-state index < -0.39 is 36.9 Å². The highest BCUT2D eigenvalue weighted by atomic mass is 19.4. The van der Waals surface area contributed by atoms with E-state index in [0.29, 0.717) is 34.8 Å². The molecule has 3 heterocycles. The number of fused-ring (bicyclic) bond motifs is 2. The normalized spacial score (nSPS) is 17.9. The van der Waals surface area contributed by atoms with Crippen LogP contribution in [-0.4, -0.2) is 52.7 Å². The van der Waals surface area contributed by atoms with Crippen LogP contribution in [0, 0.1) is 5.92 Å². The van der Waals surface area contributed by atoms with E-state index in [9.17, 15) is 22.8 Å². The first kappa shape index (κ1) is 23.8. The first-order chi connectivity index (χ1) is 16.2. The van der Waals surface area contributed by atoms with Crippen LogP contribution in [0.5, 0.6) is 5.75 Å². The molecule has 0 radical (unpaired) electrons. The molecule has 10 heteroatoms. The van der Waals surface area contributed by atoms with Crippen molar-refractivity contribution in [2.45, 2.75) is 44.8 Å². The summed E-state index contributed by atoms with van der Waals surface area (Å²) in [5, 5.41) is 12.4. The number of ether oxygens (including phenoxy) is 1. The number of aryl methyl sites for hydroxylation is 1. The van der Waals surface area contributed by atoms with Crippen LogP contribution in [0.25, 0.3) is 0 Å². The number of carbonyl (C=O) groups excluding carboxylic acids is 1. The number of carboxylic acids is 1. The SMILES string of the molecule is O=C(O)C[C@@H]1Cc2ccc(OCCc3ccc4c(n3)NCCC4)cc2CN(CC(F)(F)F)C1=O. The van der Waals surface area contributed by atoms with Gasteiger partial charge >= 0.3 is 12.1 Å². The highest BCUT2D eigenvalue weighted by Crippen LogP contribution is 2.30. The third kappa shape index (κ3) is 5.98. The van der Waals surface area contributed by atoms with Crippen molar-refractivity contribution in [3.8, 4) is 5.75 Å². The molecule has 0 saturated heterocycles. The van der Waals surface area contributed by atoms with Gasteiger partial charge in [0.2, 0.25) is 5.91 Å². The minimum atomic E-state index is -4.58. The number of nitrogens with one attached hydrogen (secondary N) is 1. The van der Waals surface area contributed by atoms with Crippen LogP contribution >= 0.6 is 0 Å². The Morgan fingerprint density at radius 2 is 2.00 bits per heavy atom. The Labute approximate surface area is 194 Å². The fourth-order valence-electron chi connectivity index (χ4n) is 4.43. The molecule has 1 atom stereocenters. The number of benzene rings is 1. The van der Waals surface area contributed by atoms with Crippen molar-refractivity contribution < 1.29 is 32.6 Å². The number of halogens is 3. The van der Waals surface area contributed by atoms with Crippen molar-refractivity contribution >= 4 is 17.7 Å². The lowest BCUT2D eigenvalue weighted by molar-refractivity contribution is -0.165. The Balaban J connectivity index is 1.46. The summed E-state index contributed by atoms with van der Waals surface area (Å²) in [6, 6.07) is 9.06. The molecule has 1 amide bonds. The predicted octanol–water partition coefficient (Wildman–Crippen LogP) is 3.60. The van der Waals surface area contributed by atoms with E-state index in [2.05, 4.69) is 16.4 Å². The van der Waals surface area contributed by atoms with Gasteiger partial charge in [-0.15, -0.1) is 0 Å². The summed E-state index contributed by atoms with van der Waals surface area (Å²) in [6.45, 7) is -0.447. The molecular formula is C24H26F3N3O4. The maximum absolute atomic E-state index is 13.1. The van der Waals surface area contributed by atoms with Gasteiger partial charge in [0.15, 0.2) is 0 Å². The molecule has 1 aromatic carbocycles. The molecule has 0 saturated carbocycles. The van der Waals surface area contributed by atoms with Gasteiger partial charge in [-0.3, -0.25) is 9.59 Å². The van der Waals surface area contributed by atoms with Crippen LogP contribution in [0.1, 0.15) is 35.2 Å². The Hall–Kier alpha value is -3.30. The summed E-state index contributed by atoms with van der Waals surface area (Å²) in [4.78, 5) is 29.1. The topological polar surface area (TPSA) is 91.8 Å². The Morgan fingerprint density at radius 3 is 2.76 bits per heavy atom. The molecule has 0 unspecified atom stereocenters. The van der Waals surface area contributed by atoms with Gasteiger partial charge in [-0.1, -0.05) is 12.1 Å². The third-order valence-corrected chi connectivity index (χ3v) is 6.04. The fraction of sp³-hybridized carbons (Fsp3) is 0.458. The molecule has 7 nitrogen and oxygen atoms in total. The number of aromatic nitrogens is 1. The minimum Gasteiger partial charge on any atom is -0.493 e. The molecule has 2 aromatic rings. The van der Waals surface area contributed by atoms with E-state index in [1.54, 1.807) is 18.2 Å². The number of hydrogen-bond acceptors (Lipinski definition) is 5. The molecule has 2 N–H and O–H groups in total. The summed E-state index contributed by atoms with van der Waals surface area (Å²) < 4.78 is 45.1. The maximum Gasteiger partial charge on any atom is 0.406 e. The number of nitrogens with zero attached hydrogens (tertiary/aromatic N) is 2. The third-order valence-electron chi connectivity index (χ3n) is 6.04. The molecule has 2 aliphatic rings. The van der Waals surface area contributed by atoms with Gasteiger partial charge in [-0.05, 0) is 54.2 Å². The van der Waals surface area contributed by atoms with Crippen molar-refractivity contribution in [1.82, 2.24) is 9.88 Å². The van der Waals surface area contributed by atoms with Crippen molar-refractivity contribution in [2.75, 3.05) is 25.0 Å². The van der Waals surface area contributed by atoms with Gasteiger partial charge < -0.3 is 20.1 Å². The molecule has 1 aromatic heterocycles. The van der Waals surface area contributed by atoms with Gasteiger partial charge in [0.25, 0.3) is 0 Å². The molecule has 0 fully saturated rings. The molecule has 0 spiro atoms. The minimum absolute atomic E-state index is 0.0706. The summed E-state index contributed by atoms with van der Waals surface area (Å²) >= 11 is 0. The smallest absolute Gasteiger partial charge is 0.406 e. The standard InChI is InChI=1S/C24H26F3N3O4/c25-24(26,27)14-30-13-18-11-20(6-4-16(18)10-17(23(30)33)12-21(31)32)34-9-7-19-5-3-15-2-1-8-28-22(15)29-19/h3-6,11,17H,1-2,7-10,12-14H2,(H,28,29)(H,31,32)/t17-/m0/s1. The molecule has 34 heavy (non-hydrogen) atoms. The Morgan fingerprint density at radius 1 is 1.21 bits per heavy atom. The summed E-state index contributed by atoms with van der Waals surface area (Å²) in [5.74, 6) is -1.69. The fourth-order valence-corrected chi connectivity index (χ4v) is 4.43. The Bertz CT molecular complexity index is 1070. The summed E-state index contributed by atoms with van der Waals surface area (Å²) in [5.41, 5.74) is 3.25. The zero-order valence-electron chi connectivity index (χ0n) is 18.5. The number of carbonyl (C=O) groups is 2. The number of alkyl halides is 3. The number of rotatable bonds is 7. The Kier molecular flexibility index (Phi) is 6.95. The molecule has 182 valence electrons. The molecule has 2 aliphatic heterocycles. The van der Waals surface area contributed by atoms with E-state index in [1.165, 1.54) is 5.56 Å². The second-order valence-corrected chi connectivity index (χ2v) is 8.68. The second-order valence-electron chi connectivity index (χ2n) is 8.68. The zero-order chi connectivity index (χ0) is 24.3. The predicted molar refractivity (Wildman–Crippen MR) is 118 cm³/mol. The second kappa shape index (κ2) is 9.90. The highest BCUT2D eigenvalue weighted by molar-refractivity contribution is 5.84. The van der Waals surface area contributed by atoms with Crippen LogP contribution in [0.15, 0.2) is 30.3 Å². The lowest BCUT2D eigenvalue weighted by Crippen LogP contribution is -2.41. The van der Waals surface area contributed by atoms with E-state index in [-0.39, 0.29) is 13.0 Å². The van der Waals surface area contributed by atoms with E-state index in [0.717, 1.165) is 30.9 Å². The average Bonchev–Trinajstić information content (AvgIpc) is 2.89. The molecule has 0 bridgehead atoms.